The molecule has 0 saturated carbocycles. The zero-order valence-corrected chi connectivity index (χ0v) is 14.3. The van der Waals surface area contributed by atoms with E-state index < -0.39 is 6.36 Å². The monoisotopic (exact) mass is 382 g/mol. The number of alkyl halides is 3. The Balaban J connectivity index is 1.66. The van der Waals surface area contributed by atoms with Gasteiger partial charge in [-0.05, 0) is 54.1 Å². The Morgan fingerprint density at radius 3 is 2.32 bits per heavy atom. The Bertz CT molecular complexity index is 1080. The second-order valence-corrected chi connectivity index (χ2v) is 5.86. The van der Waals surface area contributed by atoms with E-state index in [4.69, 9.17) is 0 Å². The van der Waals surface area contributed by atoms with Gasteiger partial charge in [0.1, 0.15) is 11.4 Å². The van der Waals surface area contributed by atoms with Gasteiger partial charge in [0.15, 0.2) is 0 Å². The molecular weight excluding hydrogens is 369 g/mol. The lowest BCUT2D eigenvalue weighted by Gasteiger charge is -2.09. The molecular formula is C20H13F3N4O. The van der Waals surface area contributed by atoms with Crippen molar-refractivity contribution in [3.05, 3.63) is 73.2 Å². The lowest BCUT2D eigenvalue weighted by Crippen LogP contribution is -2.16. The molecule has 8 heteroatoms. The molecule has 0 atom stereocenters. The van der Waals surface area contributed by atoms with Crippen LogP contribution in [0.1, 0.15) is 0 Å². The molecule has 0 unspecified atom stereocenters. The Morgan fingerprint density at radius 1 is 0.821 bits per heavy atom. The molecule has 3 aromatic heterocycles. The van der Waals surface area contributed by atoms with Crippen LogP contribution in [-0.4, -0.2) is 26.5 Å². The van der Waals surface area contributed by atoms with Crippen LogP contribution in [0.15, 0.2) is 73.2 Å². The fraction of sp³-hybridized carbons (Fsp3) is 0.0500. The third-order valence-electron chi connectivity index (χ3n) is 4.00. The maximum atomic E-state index is 12.3. The van der Waals surface area contributed by atoms with Crippen LogP contribution >= 0.6 is 0 Å². The Morgan fingerprint density at radius 2 is 1.61 bits per heavy atom. The van der Waals surface area contributed by atoms with Crippen LogP contribution < -0.4 is 4.74 Å². The molecule has 28 heavy (non-hydrogen) atoms. The first-order chi connectivity index (χ1) is 13.5. The van der Waals surface area contributed by atoms with Gasteiger partial charge >= 0.3 is 6.36 Å². The molecule has 140 valence electrons. The summed E-state index contributed by atoms with van der Waals surface area (Å²) in [6.07, 6.45) is 0.378. The van der Waals surface area contributed by atoms with Gasteiger partial charge in [0.05, 0.1) is 11.4 Å². The van der Waals surface area contributed by atoms with Crippen molar-refractivity contribution < 1.29 is 17.9 Å². The van der Waals surface area contributed by atoms with E-state index in [1.54, 1.807) is 18.6 Å². The molecule has 4 aromatic rings. The highest BCUT2D eigenvalue weighted by atomic mass is 19.4. The van der Waals surface area contributed by atoms with Crippen molar-refractivity contribution in [3.8, 4) is 39.5 Å². The summed E-state index contributed by atoms with van der Waals surface area (Å²) < 4.78 is 40.8. The summed E-state index contributed by atoms with van der Waals surface area (Å²) >= 11 is 0. The highest BCUT2D eigenvalue weighted by Crippen LogP contribution is 2.31. The number of hydrogen-bond donors (Lipinski definition) is 1. The van der Waals surface area contributed by atoms with Gasteiger partial charge in [-0.1, -0.05) is 6.07 Å². The summed E-state index contributed by atoms with van der Waals surface area (Å²) in [4.78, 5) is 8.64. The molecule has 4 rings (SSSR count). The van der Waals surface area contributed by atoms with Gasteiger partial charge in [0.2, 0.25) is 0 Å². The number of nitrogens with one attached hydrogen (secondary N) is 1. The summed E-state index contributed by atoms with van der Waals surface area (Å²) in [5.74, 6) is -0.278. The van der Waals surface area contributed by atoms with Gasteiger partial charge in [-0.2, -0.15) is 5.10 Å². The largest absolute Gasteiger partial charge is 0.573 e. The molecule has 0 spiro atoms. The quantitative estimate of drug-likeness (QED) is 0.533. The first-order valence-electron chi connectivity index (χ1n) is 8.27. The molecule has 0 bridgehead atoms. The van der Waals surface area contributed by atoms with Crippen LogP contribution in [0.3, 0.4) is 0 Å². The first-order valence-corrected chi connectivity index (χ1v) is 8.27. The highest BCUT2D eigenvalue weighted by molar-refractivity contribution is 5.80. The van der Waals surface area contributed by atoms with Crippen molar-refractivity contribution in [2.24, 2.45) is 0 Å². The van der Waals surface area contributed by atoms with Crippen LogP contribution in [0.2, 0.25) is 0 Å². The van der Waals surface area contributed by atoms with E-state index in [-0.39, 0.29) is 5.75 Å². The Kier molecular flexibility index (Phi) is 4.52. The number of nitrogens with zero attached hydrogens (tertiary/aromatic N) is 3. The van der Waals surface area contributed by atoms with E-state index >= 15 is 0 Å². The molecule has 0 aliphatic rings. The van der Waals surface area contributed by atoms with E-state index in [1.807, 2.05) is 30.3 Å². The third kappa shape index (κ3) is 3.85. The van der Waals surface area contributed by atoms with Crippen LogP contribution in [-0.2, 0) is 0 Å². The second-order valence-electron chi connectivity index (χ2n) is 5.86. The summed E-state index contributed by atoms with van der Waals surface area (Å²) in [6, 6.07) is 14.8. The van der Waals surface area contributed by atoms with Crippen molar-refractivity contribution in [1.82, 2.24) is 20.2 Å². The van der Waals surface area contributed by atoms with Crippen molar-refractivity contribution >= 4 is 0 Å². The molecule has 5 nitrogen and oxygen atoms in total. The number of pyridine rings is 2. The molecule has 0 fully saturated rings. The fourth-order valence-electron chi connectivity index (χ4n) is 2.79. The van der Waals surface area contributed by atoms with Gasteiger partial charge in [0, 0.05) is 29.7 Å². The van der Waals surface area contributed by atoms with E-state index in [1.165, 1.54) is 24.3 Å². The van der Waals surface area contributed by atoms with E-state index in [9.17, 15) is 13.2 Å². The molecule has 1 N–H and O–H groups in total. The molecule has 0 amide bonds. The van der Waals surface area contributed by atoms with Crippen molar-refractivity contribution in [2.75, 3.05) is 0 Å². The molecule has 0 saturated heterocycles. The van der Waals surface area contributed by atoms with Crippen LogP contribution in [0.4, 0.5) is 13.2 Å². The summed E-state index contributed by atoms with van der Waals surface area (Å²) in [6.45, 7) is 0. The lowest BCUT2D eigenvalue weighted by molar-refractivity contribution is -0.274. The van der Waals surface area contributed by atoms with Crippen LogP contribution in [0, 0.1) is 0 Å². The molecule has 3 heterocycles. The molecule has 0 aliphatic heterocycles. The smallest absolute Gasteiger partial charge is 0.406 e. The van der Waals surface area contributed by atoms with Crippen LogP contribution in [0.25, 0.3) is 33.8 Å². The van der Waals surface area contributed by atoms with Crippen molar-refractivity contribution in [1.29, 1.82) is 0 Å². The number of rotatable bonds is 4. The number of hydrogen-bond acceptors (Lipinski definition) is 4. The maximum absolute atomic E-state index is 12.3. The van der Waals surface area contributed by atoms with Gasteiger partial charge in [-0.3, -0.25) is 15.1 Å². The maximum Gasteiger partial charge on any atom is 0.573 e. The number of halogens is 3. The van der Waals surface area contributed by atoms with Crippen molar-refractivity contribution in [2.45, 2.75) is 6.36 Å². The number of aromatic nitrogens is 4. The minimum atomic E-state index is -4.72. The van der Waals surface area contributed by atoms with E-state index in [0.717, 1.165) is 16.8 Å². The number of aromatic amines is 1. The van der Waals surface area contributed by atoms with Gasteiger partial charge < -0.3 is 4.74 Å². The first kappa shape index (κ1) is 17.7. The lowest BCUT2D eigenvalue weighted by atomic mass is 10.0. The molecule has 0 radical (unpaired) electrons. The van der Waals surface area contributed by atoms with Crippen LogP contribution in [0.5, 0.6) is 5.75 Å². The third-order valence-corrected chi connectivity index (χ3v) is 4.00. The minimum Gasteiger partial charge on any atom is -0.406 e. The summed E-state index contributed by atoms with van der Waals surface area (Å²) in [5, 5.41) is 7.13. The fourth-order valence-corrected chi connectivity index (χ4v) is 2.79. The Hall–Kier alpha value is -3.68. The van der Waals surface area contributed by atoms with E-state index in [0.29, 0.717) is 17.0 Å². The van der Waals surface area contributed by atoms with Gasteiger partial charge in [-0.25, -0.2) is 0 Å². The Labute approximate surface area is 157 Å². The van der Waals surface area contributed by atoms with Crippen molar-refractivity contribution in [3.63, 3.8) is 0 Å². The van der Waals surface area contributed by atoms with E-state index in [2.05, 4.69) is 24.9 Å². The zero-order chi connectivity index (χ0) is 19.6. The van der Waals surface area contributed by atoms with Gasteiger partial charge in [0.25, 0.3) is 0 Å². The topological polar surface area (TPSA) is 63.7 Å². The molecule has 0 aliphatic carbocycles. The average Bonchev–Trinajstić information content (AvgIpc) is 3.18. The van der Waals surface area contributed by atoms with Gasteiger partial charge in [-0.15, -0.1) is 13.2 Å². The normalized spacial score (nSPS) is 11.4. The minimum absolute atomic E-state index is 0.278. The molecule has 1 aromatic carbocycles. The number of ether oxygens (including phenoxy) is 1. The predicted molar refractivity (Wildman–Crippen MR) is 97.2 cm³/mol. The zero-order valence-electron chi connectivity index (χ0n) is 14.3. The average molecular weight is 382 g/mol. The standard InChI is InChI=1S/C20H13F3N4O/c21-20(22,23)28-15-6-4-13(5-7-15)18-11-14(8-10-25-18)16-12-26-27-19(16)17-3-1-2-9-24-17/h1-12H,(H,26,27). The number of H-pyrrole nitrogens is 1. The summed E-state index contributed by atoms with van der Waals surface area (Å²) in [7, 11) is 0. The SMILES string of the molecule is FC(F)(F)Oc1ccc(-c2cc(-c3c[nH]nc3-c3ccccn3)ccn2)cc1. The predicted octanol–water partition coefficient (Wildman–Crippen LogP) is 5.10. The number of benzene rings is 1. The highest BCUT2D eigenvalue weighted by Gasteiger charge is 2.31. The summed E-state index contributed by atoms with van der Waals surface area (Å²) in [5.41, 5.74) is 4.41. The second kappa shape index (κ2) is 7.15.